The number of nitrogens with zero attached hydrogens (tertiary/aromatic N) is 1. The van der Waals surface area contributed by atoms with Gasteiger partial charge in [0, 0.05) is 38.3 Å². The maximum atomic E-state index is 13.8. The van der Waals surface area contributed by atoms with Crippen LogP contribution < -0.4 is 10.1 Å². The van der Waals surface area contributed by atoms with E-state index in [0.29, 0.717) is 24.5 Å². The topological polar surface area (TPSA) is 24.5 Å². The van der Waals surface area contributed by atoms with Crippen LogP contribution in [0.3, 0.4) is 0 Å². The molecule has 1 aliphatic heterocycles. The van der Waals surface area contributed by atoms with Gasteiger partial charge in [-0.15, -0.1) is 0 Å². The Morgan fingerprint density at radius 2 is 2.12 bits per heavy atom. The van der Waals surface area contributed by atoms with E-state index in [1.165, 1.54) is 6.07 Å². The van der Waals surface area contributed by atoms with Gasteiger partial charge in [0.2, 0.25) is 0 Å². The second-order valence-corrected chi connectivity index (χ2v) is 4.18. The Balaban J connectivity index is 2.12. The first-order valence-electron chi connectivity index (χ1n) is 6.14. The molecule has 0 unspecified atom stereocenters. The Labute approximate surface area is 102 Å². The van der Waals surface area contributed by atoms with Crippen molar-refractivity contribution in [3.05, 3.63) is 29.6 Å². The Kier molecular flexibility index (Phi) is 4.34. The summed E-state index contributed by atoms with van der Waals surface area (Å²) in [5.74, 6) is 0.500. The minimum absolute atomic E-state index is 0.172. The number of benzene rings is 1. The van der Waals surface area contributed by atoms with E-state index in [9.17, 15) is 4.39 Å². The number of ether oxygens (including phenoxy) is 1. The number of hydrogen-bond donors (Lipinski definition) is 1. The van der Waals surface area contributed by atoms with Gasteiger partial charge in [-0.2, -0.15) is 0 Å². The maximum Gasteiger partial charge on any atom is 0.131 e. The minimum atomic E-state index is -0.172. The highest BCUT2D eigenvalue weighted by molar-refractivity contribution is 5.34. The minimum Gasteiger partial charge on any atom is -0.493 e. The first-order chi connectivity index (χ1) is 8.31. The van der Waals surface area contributed by atoms with E-state index < -0.39 is 0 Å². The van der Waals surface area contributed by atoms with Gasteiger partial charge in [-0.3, -0.25) is 4.90 Å². The molecule has 0 aliphatic carbocycles. The maximum absolute atomic E-state index is 13.8. The van der Waals surface area contributed by atoms with E-state index in [0.717, 1.165) is 26.2 Å². The highest BCUT2D eigenvalue weighted by Crippen LogP contribution is 2.23. The van der Waals surface area contributed by atoms with Crippen molar-refractivity contribution in [2.45, 2.75) is 13.5 Å². The normalized spacial score (nSPS) is 17.1. The fourth-order valence-corrected chi connectivity index (χ4v) is 2.08. The standard InChI is InChI=1S/C13H19FN2O/c1-2-17-13-5-3-4-12(14)11(13)10-16-8-6-15-7-9-16/h3-5,15H,2,6-10H2,1H3. The molecule has 1 fully saturated rings. The molecular weight excluding hydrogens is 219 g/mol. The molecule has 0 amide bonds. The fourth-order valence-electron chi connectivity index (χ4n) is 2.08. The second-order valence-electron chi connectivity index (χ2n) is 4.18. The molecule has 4 heteroatoms. The predicted octanol–water partition coefficient (Wildman–Crippen LogP) is 1.63. The van der Waals surface area contributed by atoms with Crippen molar-refractivity contribution < 1.29 is 9.13 Å². The number of piperazine rings is 1. The molecule has 0 radical (unpaired) electrons. The SMILES string of the molecule is CCOc1cccc(F)c1CN1CCNCC1. The van der Waals surface area contributed by atoms with Crippen LogP contribution in [0, 0.1) is 5.82 Å². The van der Waals surface area contributed by atoms with Crippen molar-refractivity contribution in [2.24, 2.45) is 0 Å². The molecule has 0 spiro atoms. The zero-order valence-electron chi connectivity index (χ0n) is 10.2. The van der Waals surface area contributed by atoms with E-state index in [4.69, 9.17) is 4.74 Å². The molecule has 1 heterocycles. The van der Waals surface area contributed by atoms with Crippen molar-refractivity contribution in [1.82, 2.24) is 10.2 Å². The molecular formula is C13H19FN2O. The summed E-state index contributed by atoms with van der Waals surface area (Å²) in [7, 11) is 0. The molecule has 1 aromatic carbocycles. The summed E-state index contributed by atoms with van der Waals surface area (Å²) < 4.78 is 19.3. The average Bonchev–Trinajstić information content (AvgIpc) is 2.35. The molecule has 1 saturated heterocycles. The van der Waals surface area contributed by atoms with E-state index in [2.05, 4.69) is 10.2 Å². The van der Waals surface area contributed by atoms with E-state index in [-0.39, 0.29) is 5.82 Å². The lowest BCUT2D eigenvalue weighted by molar-refractivity contribution is 0.225. The van der Waals surface area contributed by atoms with Crippen LogP contribution in [0.1, 0.15) is 12.5 Å². The summed E-state index contributed by atoms with van der Waals surface area (Å²) in [4.78, 5) is 2.25. The van der Waals surface area contributed by atoms with Gasteiger partial charge < -0.3 is 10.1 Å². The Bertz CT molecular complexity index is 364. The van der Waals surface area contributed by atoms with Crippen LogP contribution in [-0.4, -0.2) is 37.7 Å². The van der Waals surface area contributed by atoms with Crippen LogP contribution in [0.25, 0.3) is 0 Å². The molecule has 94 valence electrons. The first-order valence-corrected chi connectivity index (χ1v) is 6.14. The highest BCUT2D eigenvalue weighted by atomic mass is 19.1. The summed E-state index contributed by atoms with van der Waals surface area (Å²) in [6, 6.07) is 5.03. The van der Waals surface area contributed by atoms with E-state index in [1.54, 1.807) is 6.07 Å². The van der Waals surface area contributed by atoms with Crippen LogP contribution in [-0.2, 0) is 6.54 Å². The van der Waals surface area contributed by atoms with Crippen molar-refractivity contribution >= 4 is 0 Å². The van der Waals surface area contributed by atoms with E-state index in [1.807, 2.05) is 13.0 Å². The number of halogens is 1. The van der Waals surface area contributed by atoms with Gasteiger partial charge in [0.1, 0.15) is 11.6 Å². The molecule has 0 aromatic heterocycles. The van der Waals surface area contributed by atoms with Gasteiger partial charge in [0.15, 0.2) is 0 Å². The zero-order valence-corrected chi connectivity index (χ0v) is 10.2. The van der Waals surface area contributed by atoms with Gasteiger partial charge in [0.05, 0.1) is 6.61 Å². The van der Waals surface area contributed by atoms with Gasteiger partial charge in [-0.05, 0) is 19.1 Å². The lowest BCUT2D eigenvalue weighted by atomic mass is 10.1. The summed E-state index contributed by atoms with van der Waals surface area (Å²) in [5, 5.41) is 3.29. The molecule has 0 atom stereocenters. The molecule has 17 heavy (non-hydrogen) atoms. The highest BCUT2D eigenvalue weighted by Gasteiger charge is 2.15. The third-order valence-electron chi connectivity index (χ3n) is 2.97. The lowest BCUT2D eigenvalue weighted by Gasteiger charge is -2.27. The quantitative estimate of drug-likeness (QED) is 0.863. The number of nitrogens with one attached hydrogen (secondary N) is 1. The smallest absolute Gasteiger partial charge is 0.131 e. The molecule has 1 aliphatic rings. The molecule has 3 nitrogen and oxygen atoms in total. The third-order valence-corrected chi connectivity index (χ3v) is 2.97. The van der Waals surface area contributed by atoms with Gasteiger partial charge >= 0.3 is 0 Å². The Morgan fingerprint density at radius 1 is 1.35 bits per heavy atom. The molecule has 0 bridgehead atoms. The second kappa shape index (κ2) is 5.98. The van der Waals surface area contributed by atoms with Crippen LogP contribution in [0.15, 0.2) is 18.2 Å². The first kappa shape index (κ1) is 12.3. The zero-order chi connectivity index (χ0) is 12.1. The van der Waals surface area contributed by atoms with Gasteiger partial charge in [-0.1, -0.05) is 6.07 Å². The van der Waals surface area contributed by atoms with Gasteiger partial charge in [-0.25, -0.2) is 4.39 Å². The number of hydrogen-bond acceptors (Lipinski definition) is 3. The third kappa shape index (κ3) is 3.17. The van der Waals surface area contributed by atoms with E-state index >= 15 is 0 Å². The monoisotopic (exact) mass is 238 g/mol. The summed E-state index contributed by atoms with van der Waals surface area (Å²) >= 11 is 0. The van der Waals surface area contributed by atoms with Crippen LogP contribution in [0.2, 0.25) is 0 Å². The van der Waals surface area contributed by atoms with Crippen molar-refractivity contribution in [3.63, 3.8) is 0 Å². The number of rotatable bonds is 4. The summed E-state index contributed by atoms with van der Waals surface area (Å²) in [6.45, 7) is 6.97. The molecule has 2 rings (SSSR count). The van der Waals surface area contributed by atoms with Crippen molar-refractivity contribution in [2.75, 3.05) is 32.8 Å². The Hall–Kier alpha value is -1.13. The summed E-state index contributed by atoms with van der Waals surface area (Å²) in [5.41, 5.74) is 0.677. The van der Waals surface area contributed by atoms with Crippen LogP contribution in [0.4, 0.5) is 4.39 Å². The fraction of sp³-hybridized carbons (Fsp3) is 0.538. The largest absolute Gasteiger partial charge is 0.493 e. The van der Waals surface area contributed by atoms with Gasteiger partial charge in [0.25, 0.3) is 0 Å². The van der Waals surface area contributed by atoms with Crippen LogP contribution >= 0.6 is 0 Å². The Morgan fingerprint density at radius 3 is 2.82 bits per heavy atom. The lowest BCUT2D eigenvalue weighted by Crippen LogP contribution is -2.43. The predicted molar refractivity (Wildman–Crippen MR) is 65.7 cm³/mol. The van der Waals surface area contributed by atoms with Crippen LogP contribution in [0.5, 0.6) is 5.75 Å². The molecule has 1 aromatic rings. The van der Waals surface area contributed by atoms with Crippen molar-refractivity contribution in [3.8, 4) is 5.75 Å². The average molecular weight is 238 g/mol. The summed E-state index contributed by atoms with van der Waals surface area (Å²) in [6.07, 6.45) is 0. The molecule has 1 N–H and O–H groups in total. The molecule has 0 saturated carbocycles. The van der Waals surface area contributed by atoms with Crippen molar-refractivity contribution in [1.29, 1.82) is 0 Å².